The van der Waals surface area contributed by atoms with Gasteiger partial charge in [-0.25, -0.2) is 4.39 Å². The number of carbonyl (C=O) groups excluding carboxylic acids is 1. The number of hydrogen-bond acceptors (Lipinski definition) is 2. The molecule has 2 rings (SSSR count). The van der Waals surface area contributed by atoms with Crippen LogP contribution in [0.2, 0.25) is 5.02 Å². The number of rotatable bonds is 4. The predicted molar refractivity (Wildman–Crippen MR) is 80.0 cm³/mol. The third-order valence-electron chi connectivity index (χ3n) is 2.87. The average molecular weight is 347 g/mol. The van der Waals surface area contributed by atoms with Crippen molar-refractivity contribution in [3.63, 3.8) is 0 Å². The number of carbonyl (C=O) groups is 1. The molecule has 0 unspecified atom stereocenters. The van der Waals surface area contributed by atoms with E-state index in [1.165, 1.54) is 24.3 Å². The Hall–Kier alpha value is -2.28. The van der Waals surface area contributed by atoms with Crippen LogP contribution in [0.25, 0.3) is 0 Å². The van der Waals surface area contributed by atoms with E-state index in [4.69, 9.17) is 11.6 Å². The summed E-state index contributed by atoms with van der Waals surface area (Å²) in [7, 11) is 0. The molecule has 0 atom stereocenters. The van der Waals surface area contributed by atoms with Gasteiger partial charge < -0.3 is 10.6 Å². The van der Waals surface area contributed by atoms with Gasteiger partial charge in [-0.2, -0.15) is 13.2 Å². The Kier molecular flexibility index (Phi) is 5.10. The van der Waals surface area contributed by atoms with Crippen molar-refractivity contribution in [2.75, 3.05) is 17.2 Å². The molecule has 0 spiro atoms. The Morgan fingerprint density at radius 3 is 2.35 bits per heavy atom. The van der Waals surface area contributed by atoms with Crippen molar-refractivity contribution >= 4 is 28.9 Å². The molecule has 0 aliphatic rings. The fraction of sp³-hybridized carbons (Fsp3) is 0.133. The molecule has 0 bridgehead atoms. The van der Waals surface area contributed by atoms with E-state index >= 15 is 0 Å². The average Bonchev–Trinajstić information content (AvgIpc) is 2.48. The minimum atomic E-state index is -4.53. The summed E-state index contributed by atoms with van der Waals surface area (Å²) in [5.41, 5.74) is -0.548. The standard InChI is InChI=1S/C15H11ClF4N2O/c16-12-6-1-9(15(18,19)20)7-13(12)22-14(23)8-21-11-4-2-10(17)3-5-11/h1-7,21H,8H2,(H,22,23). The number of amides is 1. The topological polar surface area (TPSA) is 41.1 Å². The lowest BCUT2D eigenvalue weighted by atomic mass is 10.2. The summed E-state index contributed by atoms with van der Waals surface area (Å²) in [4.78, 5) is 11.8. The molecule has 0 aliphatic heterocycles. The Balaban J connectivity index is 2.01. The molecule has 0 heterocycles. The molecule has 3 nitrogen and oxygen atoms in total. The highest BCUT2D eigenvalue weighted by Gasteiger charge is 2.31. The van der Waals surface area contributed by atoms with E-state index in [0.29, 0.717) is 5.69 Å². The maximum atomic E-state index is 12.7. The van der Waals surface area contributed by atoms with Crippen LogP contribution in [0.3, 0.4) is 0 Å². The van der Waals surface area contributed by atoms with Gasteiger partial charge in [0.15, 0.2) is 0 Å². The Morgan fingerprint density at radius 2 is 1.74 bits per heavy atom. The van der Waals surface area contributed by atoms with Gasteiger partial charge in [0.1, 0.15) is 5.82 Å². The number of halogens is 5. The molecule has 23 heavy (non-hydrogen) atoms. The second kappa shape index (κ2) is 6.87. The maximum absolute atomic E-state index is 12.7. The van der Waals surface area contributed by atoms with Gasteiger partial charge in [-0.1, -0.05) is 11.6 Å². The van der Waals surface area contributed by atoms with Gasteiger partial charge in [0, 0.05) is 5.69 Å². The Labute approximate surface area is 134 Å². The lowest BCUT2D eigenvalue weighted by Gasteiger charge is -2.12. The van der Waals surface area contributed by atoms with Crippen molar-refractivity contribution in [3.8, 4) is 0 Å². The minimum Gasteiger partial charge on any atom is -0.376 e. The highest BCUT2D eigenvalue weighted by Crippen LogP contribution is 2.33. The first-order chi connectivity index (χ1) is 10.8. The zero-order chi connectivity index (χ0) is 17.0. The van der Waals surface area contributed by atoms with Crippen LogP contribution in [0.1, 0.15) is 5.56 Å². The van der Waals surface area contributed by atoms with Crippen LogP contribution >= 0.6 is 11.6 Å². The van der Waals surface area contributed by atoms with Crippen molar-refractivity contribution in [3.05, 3.63) is 58.9 Å². The molecular formula is C15H11ClF4N2O. The zero-order valence-electron chi connectivity index (χ0n) is 11.5. The molecule has 122 valence electrons. The summed E-state index contributed by atoms with van der Waals surface area (Å²) >= 11 is 5.78. The van der Waals surface area contributed by atoms with Crippen LogP contribution in [-0.4, -0.2) is 12.5 Å². The molecule has 2 aromatic rings. The Bertz CT molecular complexity index is 702. The van der Waals surface area contributed by atoms with Crippen molar-refractivity contribution in [1.29, 1.82) is 0 Å². The molecule has 0 fully saturated rings. The first-order valence-corrected chi connectivity index (χ1v) is 6.79. The number of alkyl halides is 3. The highest BCUT2D eigenvalue weighted by atomic mass is 35.5. The lowest BCUT2D eigenvalue weighted by molar-refractivity contribution is -0.137. The van der Waals surface area contributed by atoms with Crippen molar-refractivity contribution in [1.82, 2.24) is 0 Å². The summed E-state index contributed by atoms with van der Waals surface area (Å²) in [5, 5.41) is 5.00. The van der Waals surface area contributed by atoms with Gasteiger partial charge in [0.25, 0.3) is 0 Å². The summed E-state index contributed by atoms with van der Waals surface area (Å²) in [6.07, 6.45) is -4.53. The zero-order valence-corrected chi connectivity index (χ0v) is 12.3. The summed E-state index contributed by atoms with van der Waals surface area (Å²) in [6.45, 7) is -0.210. The molecule has 0 saturated heterocycles. The molecule has 0 saturated carbocycles. The van der Waals surface area contributed by atoms with Crippen molar-refractivity contribution < 1.29 is 22.4 Å². The molecule has 1 amide bonds. The largest absolute Gasteiger partial charge is 0.416 e. The molecule has 8 heteroatoms. The maximum Gasteiger partial charge on any atom is 0.416 e. The highest BCUT2D eigenvalue weighted by molar-refractivity contribution is 6.33. The fourth-order valence-corrected chi connectivity index (χ4v) is 1.91. The number of anilines is 2. The molecule has 0 radical (unpaired) electrons. The molecule has 2 aromatic carbocycles. The van der Waals surface area contributed by atoms with Gasteiger partial charge >= 0.3 is 6.18 Å². The van der Waals surface area contributed by atoms with E-state index in [1.54, 1.807) is 0 Å². The first-order valence-electron chi connectivity index (χ1n) is 6.42. The van der Waals surface area contributed by atoms with Crippen molar-refractivity contribution in [2.45, 2.75) is 6.18 Å². The van der Waals surface area contributed by atoms with Gasteiger partial charge in [-0.05, 0) is 42.5 Å². The van der Waals surface area contributed by atoms with Crippen molar-refractivity contribution in [2.24, 2.45) is 0 Å². The summed E-state index contributed by atoms with van der Waals surface area (Å²) in [5.74, 6) is -1.01. The molecule has 0 aliphatic carbocycles. The van der Waals surface area contributed by atoms with Crippen LogP contribution in [0.5, 0.6) is 0 Å². The normalized spacial score (nSPS) is 11.2. The number of nitrogens with one attached hydrogen (secondary N) is 2. The van der Waals surface area contributed by atoms with E-state index in [0.717, 1.165) is 18.2 Å². The summed E-state index contributed by atoms with van der Waals surface area (Å²) in [6, 6.07) is 7.94. The van der Waals surface area contributed by atoms with E-state index in [-0.39, 0.29) is 17.3 Å². The van der Waals surface area contributed by atoms with E-state index in [1.807, 2.05) is 0 Å². The Morgan fingerprint density at radius 1 is 1.09 bits per heavy atom. The number of benzene rings is 2. The quantitative estimate of drug-likeness (QED) is 0.797. The van der Waals surface area contributed by atoms with Gasteiger partial charge in [-0.15, -0.1) is 0 Å². The SMILES string of the molecule is O=C(CNc1ccc(F)cc1)Nc1cc(C(F)(F)F)ccc1Cl. The van der Waals surface area contributed by atoms with Crippen LogP contribution in [0, 0.1) is 5.82 Å². The van der Waals surface area contributed by atoms with Crippen LogP contribution in [-0.2, 0) is 11.0 Å². The van der Waals surface area contributed by atoms with Gasteiger partial charge in [0.05, 0.1) is 22.8 Å². The smallest absolute Gasteiger partial charge is 0.376 e. The third kappa shape index (κ3) is 4.85. The third-order valence-corrected chi connectivity index (χ3v) is 3.19. The summed E-state index contributed by atoms with van der Waals surface area (Å²) < 4.78 is 50.7. The minimum absolute atomic E-state index is 0.00636. The van der Waals surface area contributed by atoms with Crippen LogP contribution in [0.15, 0.2) is 42.5 Å². The fourth-order valence-electron chi connectivity index (χ4n) is 1.74. The van der Waals surface area contributed by atoms with Gasteiger partial charge in [-0.3, -0.25) is 4.79 Å². The van der Waals surface area contributed by atoms with E-state index in [9.17, 15) is 22.4 Å². The van der Waals surface area contributed by atoms with E-state index in [2.05, 4.69) is 10.6 Å². The monoisotopic (exact) mass is 346 g/mol. The molecule has 0 aromatic heterocycles. The van der Waals surface area contributed by atoms with Crippen LogP contribution < -0.4 is 10.6 Å². The number of hydrogen-bond donors (Lipinski definition) is 2. The second-order valence-corrected chi connectivity index (χ2v) is 5.01. The first kappa shape index (κ1) is 17.1. The van der Waals surface area contributed by atoms with E-state index < -0.39 is 23.5 Å². The second-order valence-electron chi connectivity index (χ2n) is 4.60. The van der Waals surface area contributed by atoms with Crippen LogP contribution in [0.4, 0.5) is 28.9 Å². The molecule has 2 N–H and O–H groups in total. The molecular weight excluding hydrogens is 336 g/mol. The van der Waals surface area contributed by atoms with Gasteiger partial charge in [0.2, 0.25) is 5.91 Å². The predicted octanol–water partition coefficient (Wildman–Crippen LogP) is 4.55. The lowest BCUT2D eigenvalue weighted by Crippen LogP contribution is -2.22.